The molecule has 0 spiro atoms. The zero-order valence-corrected chi connectivity index (χ0v) is 14.5. The molecule has 0 saturated heterocycles. The van der Waals surface area contributed by atoms with Crippen molar-refractivity contribution in [3.05, 3.63) is 22.7 Å². The first-order chi connectivity index (χ1) is 9.77. The Morgan fingerprint density at radius 1 is 1.33 bits per heavy atom. The van der Waals surface area contributed by atoms with Crippen molar-refractivity contribution in [2.24, 2.45) is 5.92 Å². The van der Waals surface area contributed by atoms with Gasteiger partial charge in [-0.2, -0.15) is 0 Å². The summed E-state index contributed by atoms with van der Waals surface area (Å²) in [6.45, 7) is 3.88. The van der Waals surface area contributed by atoms with Gasteiger partial charge in [0.15, 0.2) is 0 Å². The van der Waals surface area contributed by atoms with E-state index in [0.29, 0.717) is 4.47 Å². The zero-order chi connectivity index (χ0) is 16.0. The predicted molar refractivity (Wildman–Crippen MR) is 83.7 cm³/mol. The second-order valence-electron chi connectivity index (χ2n) is 4.64. The Kier molecular flexibility index (Phi) is 6.63. The summed E-state index contributed by atoms with van der Waals surface area (Å²) in [5.74, 6) is 0.0120. The zero-order valence-electron chi connectivity index (χ0n) is 12.1. The lowest BCUT2D eigenvalue weighted by molar-refractivity contribution is -0.123. The second kappa shape index (κ2) is 7.77. The number of sulfonamides is 1. The molecule has 1 aromatic rings. The van der Waals surface area contributed by atoms with Gasteiger partial charge in [0.25, 0.3) is 0 Å². The van der Waals surface area contributed by atoms with Crippen LogP contribution in [0.4, 0.5) is 0 Å². The van der Waals surface area contributed by atoms with Crippen LogP contribution in [0.2, 0.25) is 0 Å². The molecule has 0 saturated carbocycles. The molecule has 0 aliphatic carbocycles. The van der Waals surface area contributed by atoms with Gasteiger partial charge in [0, 0.05) is 23.5 Å². The minimum atomic E-state index is -3.70. The Labute approximate surface area is 133 Å². The Balaban J connectivity index is 2.70. The van der Waals surface area contributed by atoms with Crippen molar-refractivity contribution < 1.29 is 17.9 Å². The number of ether oxygens (including phenoxy) is 1. The highest BCUT2D eigenvalue weighted by atomic mass is 79.9. The molecule has 118 valence electrons. The standard InChI is InChI=1S/C13H19BrN2O4S/c1-9(2)13(17)15-6-7-16-21(18,19)12-8-10(14)4-5-11(12)20-3/h4-5,8-9,16H,6-7H2,1-3H3,(H,15,17). The van der Waals surface area contributed by atoms with Crippen LogP contribution in [0, 0.1) is 5.92 Å². The van der Waals surface area contributed by atoms with Crippen LogP contribution in [0.25, 0.3) is 0 Å². The molecule has 0 unspecified atom stereocenters. The van der Waals surface area contributed by atoms with Crippen molar-refractivity contribution >= 4 is 31.9 Å². The summed E-state index contributed by atoms with van der Waals surface area (Å²) in [6, 6.07) is 4.73. The molecule has 21 heavy (non-hydrogen) atoms. The quantitative estimate of drug-likeness (QED) is 0.704. The second-order valence-corrected chi connectivity index (χ2v) is 7.29. The third-order valence-electron chi connectivity index (χ3n) is 2.66. The number of methoxy groups -OCH3 is 1. The van der Waals surface area contributed by atoms with Gasteiger partial charge >= 0.3 is 0 Å². The van der Waals surface area contributed by atoms with Crippen LogP contribution in [0.5, 0.6) is 5.75 Å². The van der Waals surface area contributed by atoms with Crippen LogP contribution in [0.1, 0.15) is 13.8 Å². The topological polar surface area (TPSA) is 84.5 Å². The van der Waals surface area contributed by atoms with Gasteiger partial charge in [0.2, 0.25) is 15.9 Å². The smallest absolute Gasteiger partial charge is 0.244 e. The third kappa shape index (κ3) is 5.29. The van der Waals surface area contributed by atoms with Gasteiger partial charge in [0.1, 0.15) is 10.6 Å². The molecule has 0 fully saturated rings. The average molecular weight is 379 g/mol. The SMILES string of the molecule is COc1ccc(Br)cc1S(=O)(=O)NCCNC(=O)C(C)C. The lowest BCUT2D eigenvalue weighted by Gasteiger charge is -2.12. The number of halogens is 1. The van der Waals surface area contributed by atoms with E-state index in [1.807, 2.05) is 0 Å². The summed E-state index contributed by atoms with van der Waals surface area (Å²) < 4.78 is 32.6. The van der Waals surface area contributed by atoms with Crippen molar-refractivity contribution in [3.8, 4) is 5.75 Å². The number of carbonyl (C=O) groups is 1. The van der Waals surface area contributed by atoms with Gasteiger partial charge in [-0.15, -0.1) is 0 Å². The Morgan fingerprint density at radius 3 is 2.57 bits per heavy atom. The van der Waals surface area contributed by atoms with Crippen LogP contribution in [-0.2, 0) is 14.8 Å². The maximum absolute atomic E-state index is 12.2. The van der Waals surface area contributed by atoms with E-state index < -0.39 is 10.0 Å². The van der Waals surface area contributed by atoms with E-state index in [1.54, 1.807) is 26.0 Å². The van der Waals surface area contributed by atoms with E-state index >= 15 is 0 Å². The average Bonchev–Trinajstić information content (AvgIpc) is 2.43. The van der Waals surface area contributed by atoms with Gasteiger partial charge in [-0.1, -0.05) is 29.8 Å². The fourth-order valence-electron chi connectivity index (χ4n) is 1.51. The predicted octanol–water partition coefficient (Wildman–Crippen LogP) is 1.51. The maximum Gasteiger partial charge on any atom is 0.244 e. The molecule has 6 nitrogen and oxygen atoms in total. The molecule has 0 heterocycles. The van der Waals surface area contributed by atoms with E-state index in [9.17, 15) is 13.2 Å². The molecule has 1 amide bonds. The third-order valence-corrected chi connectivity index (χ3v) is 4.63. The molecule has 1 aromatic carbocycles. The van der Waals surface area contributed by atoms with Gasteiger partial charge in [-0.25, -0.2) is 13.1 Å². The largest absolute Gasteiger partial charge is 0.495 e. The van der Waals surface area contributed by atoms with Crippen LogP contribution >= 0.6 is 15.9 Å². The summed E-state index contributed by atoms with van der Waals surface area (Å²) in [4.78, 5) is 11.4. The van der Waals surface area contributed by atoms with Gasteiger partial charge in [-0.05, 0) is 18.2 Å². The summed E-state index contributed by atoms with van der Waals surface area (Å²) in [5.41, 5.74) is 0. The summed E-state index contributed by atoms with van der Waals surface area (Å²) in [7, 11) is -2.29. The molecule has 0 radical (unpaired) electrons. The van der Waals surface area contributed by atoms with Gasteiger partial charge < -0.3 is 10.1 Å². The van der Waals surface area contributed by atoms with E-state index in [1.165, 1.54) is 13.2 Å². The molecule has 0 atom stereocenters. The number of amides is 1. The minimum Gasteiger partial charge on any atom is -0.495 e. The number of hydrogen-bond acceptors (Lipinski definition) is 4. The number of carbonyl (C=O) groups excluding carboxylic acids is 1. The van der Waals surface area contributed by atoms with E-state index in [-0.39, 0.29) is 35.6 Å². The molecule has 1 rings (SSSR count). The Bertz CT molecular complexity index is 602. The van der Waals surface area contributed by atoms with E-state index in [2.05, 4.69) is 26.0 Å². The summed E-state index contributed by atoms with van der Waals surface area (Å²) >= 11 is 3.23. The molecular formula is C13H19BrN2O4S. The normalized spacial score (nSPS) is 11.5. The van der Waals surface area contributed by atoms with Crippen molar-refractivity contribution in [1.82, 2.24) is 10.0 Å². The van der Waals surface area contributed by atoms with Gasteiger partial charge in [0.05, 0.1) is 7.11 Å². The molecule has 0 aliphatic rings. The fourth-order valence-corrected chi connectivity index (χ4v) is 3.25. The Hall–Kier alpha value is -1.12. The number of hydrogen-bond donors (Lipinski definition) is 2. The minimum absolute atomic E-state index is 0.0505. The first-order valence-electron chi connectivity index (χ1n) is 6.39. The van der Waals surface area contributed by atoms with Crippen LogP contribution in [-0.4, -0.2) is 34.5 Å². The summed E-state index contributed by atoms with van der Waals surface area (Å²) in [6.07, 6.45) is 0. The lowest BCUT2D eigenvalue weighted by atomic mass is 10.2. The molecular weight excluding hydrogens is 360 g/mol. The van der Waals surface area contributed by atoms with Crippen LogP contribution < -0.4 is 14.8 Å². The maximum atomic E-state index is 12.2. The van der Waals surface area contributed by atoms with Crippen LogP contribution in [0.3, 0.4) is 0 Å². The first kappa shape index (κ1) is 17.9. The highest BCUT2D eigenvalue weighted by Gasteiger charge is 2.19. The number of nitrogens with one attached hydrogen (secondary N) is 2. The van der Waals surface area contributed by atoms with Crippen molar-refractivity contribution in [2.75, 3.05) is 20.2 Å². The molecule has 2 N–H and O–H groups in total. The van der Waals surface area contributed by atoms with Gasteiger partial charge in [-0.3, -0.25) is 4.79 Å². The number of rotatable bonds is 7. The molecule has 0 aromatic heterocycles. The number of benzene rings is 1. The first-order valence-corrected chi connectivity index (χ1v) is 8.66. The van der Waals surface area contributed by atoms with Crippen molar-refractivity contribution in [1.29, 1.82) is 0 Å². The van der Waals surface area contributed by atoms with E-state index in [4.69, 9.17) is 4.74 Å². The summed E-state index contributed by atoms with van der Waals surface area (Å²) in [5, 5.41) is 2.64. The highest BCUT2D eigenvalue weighted by Crippen LogP contribution is 2.26. The molecule has 0 aliphatic heterocycles. The van der Waals surface area contributed by atoms with Crippen molar-refractivity contribution in [2.45, 2.75) is 18.7 Å². The fraction of sp³-hybridized carbons (Fsp3) is 0.462. The molecule has 8 heteroatoms. The van der Waals surface area contributed by atoms with Crippen molar-refractivity contribution in [3.63, 3.8) is 0 Å². The lowest BCUT2D eigenvalue weighted by Crippen LogP contribution is -2.36. The van der Waals surface area contributed by atoms with E-state index in [0.717, 1.165) is 0 Å². The highest BCUT2D eigenvalue weighted by molar-refractivity contribution is 9.10. The monoisotopic (exact) mass is 378 g/mol. The molecule has 0 bridgehead atoms. The van der Waals surface area contributed by atoms with Crippen LogP contribution in [0.15, 0.2) is 27.6 Å². The Morgan fingerprint density at radius 2 is 2.00 bits per heavy atom.